The maximum atomic E-state index is 12.1. The molecule has 0 aliphatic carbocycles. The fourth-order valence-corrected chi connectivity index (χ4v) is 3.16. The first-order chi connectivity index (χ1) is 11.6. The van der Waals surface area contributed by atoms with E-state index < -0.39 is 0 Å². The van der Waals surface area contributed by atoms with Crippen LogP contribution in [0.1, 0.15) is 24.0 Å². The Balaban J connectivity index is 1.51. The number of amides is 1. The largest absolute Gasteiger partial charge is 0.462 e. The Kier molecular flexibility index (Phi) is 5.16. The molecular formula is C20H24N2O2. The number of hydrogen-bond donors (Lipinski definition) is 1. The summed E-state index contributed by atoms with van der Waals surface area (Å²) in [5.41, 5.74) is 1.31. The summed E-state index contributed by atoms with van der Waals surface area (Å²) in [6.45, 7) is 6.89. The van der Waals surface area contributed by atoms with Gasteiger partial charge in [-0.05, 0) is 36.6 Å². The van der Waals surface area contributed by atoms with E-state index in [2.05, 4.69) is 41.4 Å². The lowest BCUT2D eigenvalue weighted by Gasteiger charge is -2.16. The highest BCUT2D eigenvalue weighted by molar-refractivity contribution is 5.91. The van der Waals surface area contributed by atoms with Gasteiger partial charge >= 0.3 is 0 Å². The maximum Gasteiger partial charge on any atom is 0.244 e. The number of furan rings is 1. The Morgan fingerprint density at radius 3 is 2.75 bits per heavy atom. The lowest BCUT2D eigenvalue weighted by molar-refractivity contribution is -0.117. The zero-order chi connectivity index (χ0) is 16.9. The molecular weight excluding hydrogens is 300 g/mol. The Labute approximate surface area is 143 Å². The van der Waals surface area contributed by atoms with Crippen LogP contribution in [0.2, 0.25) is 0 Å². The molecule has 0 radical (unpaired) electrons. The molecule has 4 heteroatoms. The Morgan fingerprint density at radius 2 is 2.04 bits per heavy atom. The second-order valence-corrected chi connectivity index (χ2v) is 6.55. The van der Waals surface area contributed by atoms with Gasteiger partial charge in [-0.25, -0.2) is 0 Å². The predicted molar refractivity (Wildman–Crippen MR) is 95.3 cm³/mol. The predicted octanol–water partition coefficient (Wildman–Crippen LogP) is 3.24. The summed E-state index contributed by atoms with van der Waals surface area (Å²) >= 11 is 0. The monoisotopic (exact) mass is 324 g/mol. The van der Waals surface area contributed by atoms with Crippen LogP contribution in [0.4, 0.5) is 0 Å². The van der Waals surface area contributed by atoms with Crippen molar-refractivity contribution in [2.24, 2.45) is 5.92 Å². The second-order valence-electron chi connectivity index (χ2n) is 6.55. The normalized spacial score (nSPS) is 21.4. The Bertz CT molecular complexity index is 705. The summed E-state index contributed by atoms with van der Waals surface area (Å²) in [7, 11) is 0. The van der Waals surface area contributed by atoms with E-state index in [4.69, 9.17) is 4.42 Å². The van der Waals surface area contributed by atoms with Crippen LogP contribution < -0.4 is 5.32 Å². The van der Waals surface area contributed by atoms with Gasteiger partial charge < -0.3 is 9.73 Å². The first-order valence-electron chi connectivity index (χ1n) is 8.41. The summed E-state index contributed by atoms with van der Waals surface area (Å²) in [4.78, 5) is 14.5. The lowest BCUT2D eigenvalue weighted by Crippen LogP contribution is -2.38. The number of carbonyl (C=O) groups is 1. The molecule has 1 saturated heterocycles. The molecule has 2 unspecified atom stereocenters. The molecule has 1 aliphatic rings. The highest BCUT2D eigenvalue weighted by Crippen LogP contribution is 2.19. The standard InChI is InChI=1S/C20H24N2O2/c1-15-12-22(13-17-6-4-3-5-7-17)14-19(15)21-20(23)11-10-18-9-8-16(2)24-18/h3-11,15,19H,12-14H2,1-2H3,(H,21,23)/b11-10+. The highest BCUT2D eigenvalue weighted by Gasteiger charge is 2.30. The van der Waals surface area contributed by atoms with Crippen molar-refractivity contribution < 1.29 is 9.21 Å². The molecule has 126 valence electrons. The third-order valence-corrected chi connectivity index (χ3v) is 4.42. The second kappa shape index (κ2) is 7.49. The minimum absolute atomic E-state index is 0.0672. The summed E-state index contributed by atoms with van der Waals surface area (Å²) in [6.07, 6.45) is 3.26. The number of carbonyl (C=O) groups excluding carboxylic acids is 1. The number of benzene rings is 1. The van der Waals surface area contributed by atoms with E-state index in [0.717, 1.165) is 25.4 Å². The number of rotatable bonds is 5. The van der Waals surface area contributed by atoms with E-state index in [1.54, 1.807) is 12.2 Å². The molecule has 2 heterocycles. The van der Waals surface area contributed by atoms with Gasteiger partial charge in [0.25, 0.3) is 0 Å². The van der Waals surface area contributed by atoms with Crippen molar-refractivity contribution in [1.82, 2.24) is 10.2 Å². The van der Waals surface area contributed by atoms with E-state index in [-0.39, 0.29) is 11.9 Å². The van der Waals surface area contributed by atoms with Gasteiger partial charge in [-0.1, -0.05) is 37.3 Å². The quantitative estimate of drug-likeness (QED) is 0.859. The zero-order valence-corrected chi connectivity index (χ0v) is 14.2. The molecule has 1 fully saturated rings. The lowest BCUT2D eigenvalue weighted by atomic mass is 10.1. The van der Waals surface area contributed by atoms with Gasteiger partial charge in [0.05, 0.1) is 0 Å². The van der Waals surface area contributed by atoms with Crippen molar-refractivity contribution in [3.8, 4) is 0 Å². The van der Waals surface area contributed by atoms with E-state index in [0.29, 0.717) is 11.7 Å². The van der Waals surface area contributed by atoms with Crippen molar-refractivity contribution in [2.75, 3.05) is 13.1 Å². The molecule has 2 aromatic rings. The molecule has 4 nitrogen and oxygen atoms in total. The molecule has 3 rings (SSSR count). The van der Waals surface area contributed by atoms with Gasteiger partial charge in [0.1, 0.15) is 11.5 Å². The molecule has 1 aliphatic heterocycles. The van der Waals surface area contributed by atoms with Gasteiger partial charge in [0, 0.05) is 31.8 Å². The average Bonchev–Trinajstić information content (AvgIpc) is 3.12. The fraction of sp³-hybridized carbons (Fsp3) is 0.350. The molecule has 0 spiro atoms. The van der Waals surface area contributed by atoms with Crippen LogP contribution in [0.3, 0.4) is 0 Å². The van der Waals surface area contributed by atoms with Crippen LogP contribution in [0.25, 0.3) is 6.08 Å². The molecule has 1 aromatic heterocycles. The molecule has 24 heavy (non-hydrogen) atoms. The molecule has 0 saturated carbocycles. The van der Waals surface area contributed by atoms with Crippen molar-refractivity contribution >= 4 is 12.0 Å². The summed E-state index contributed by atoms with van der Waals surface area (Å²) in [5, 5.41) is 3.11. The van der Waals surface area contributed by atoms with Crippen LogP contribution >= 0.6 is 0 Å². The van der Waals surface area contributed by atoms with Gasteiger partial charge in [0.15, 0.2) is 0 Å². The van der Waals surface area contributed by atoms with E-state index >= 15 is 0 Å². The van der Waals surface area contributed by atoms with Gasteiger partial charge in [-0.2, -0.15) is 0 Å². The SMILES string of the molecule is Cc1ccc(/C=C/C(=O)NC2CN(Cc3ccccc3)CC2C)o1. The minimum Gasteiger partial charge on any atom is -0.462 e. The maximum absolute atomic E-state index is 12.1. The zero-order valence-electron chi connectivity index (χ0n) is 14.2. The summed E-state index contributed by atoms with van der Waals surface area (Å²) in [6, 6.07) is 14.4. The van der Waals surface area contributed by atoms with Crippen LogP contribution in [-0.2, 0) is 11.3 Å². The molecule has 1 N–H and O–H groups in total. The van der Waals surface area contributed by atoms with E-state index in [1.165, 1.54) is 5.56 Å². The van der Waals surface area contributed by atoms with E-state index in [1.807, 2.05) is 25.1 Å². The number of nitrogens with one attached hydrogen (secondary N) is 1. The smallest absolute Gasteiger partial charge is 0.244 e. The fourth-order valence-electron chi connectivity index (χ4n) is 3.16. The Hall–Kier alpha value is -2.33. The average molecular weight is 324 g/mol. The van der Waals surface area contributed by atoms with Gasteiger partial charge in [-0.15, -0.1) is 0 Å². The first kappa shape index (κ1) is 16.5. The van der Waals surface area contributed by atoms with Crippen molar-refractivity contribution in [2.45, 2.75) is 26.4 Å². The van der Waals surface area contributed by atoms with Crippen molar-refractivity contribution in [1.29, 1.82) is 0 Å². The number of likely N-dealkylation sites (tertiary alicyclic amines) is 1. The molecule has 2 atom stereocenters. The number of aryl methyl sites for hydroxylation is 1. The topological polar surface area (TPSA) is 45.5 Å². The number of hydrogen-bond acceptors (Lipinski definition) is 3. The van der Waals surface area contributed by atoms with Gasteiger partial charge in [0.2, 0.25) is 5.91 Å². The minimum atomic E-state index is -0.0672. The Morgan fingerprint density at radius 1 is 1.25 bits per heavy atom. The van der Waals surface area contributed by atoms with Crippen LogP contribution in [0, 0.1) is 12.8 Å². The van der Waals surface area contributed by atoms with Crippen molar-refractivity contribution in [3.63, 3.8) is 0 Å². The van der Waals surface area contributed by atoms with Crippen LogP contribution in [0.5, 0.6) is 0 Å². The van der Waals surface area contributed by atoms with Crippen LogP contribution in [-0.4, -0.2) is 29.9 Å². The summed E-state index contributed by atoms with van der Waals surface area (Å²) < 4.78 is 5.43. The molecule has 1 aromatic carbocycles. The van der Waals surface area contributed by atoms with E-state index in [9.17, 15) is 4.79 Å². The third-order valence-electron chi connectivity index (χ3n) is 4.42. The van der Waals surface area contributed by atoms with Crippen molar-refractivity contribution in [3.05, 3.63) is 65.6 Å². The number of nitrogens with zero attached hydrogens (tertiary/aromatic N) is 1. The first-order valence-corrected chi connectivity index (χ1v) is 8.41. The van der Waals surface area contributed by atoms with Crippen LogP contribution in [0.15, 0.2) is 53.0 Å². The third kappa shape index (κ3) is 4.36. The highest BCUT2D eigenvalue weighted by atomic mass is 16.3. The molecule has 0 bridgehead atoms. The van der Waals surface area contributed by atoms with Gasteiger partial charge in [-0.3, -0.25) is 9.69 Å². The molecule has 1 amide bonds. The summed E-state index contributed by atoms with van der Waals surface area (Å²) in [5.74, 6) is 1.92.